The van der Waals surface area contributed by atoms with Gasteiger partial charge in [-0.2, -0.15) is 0 Å². The van der Waals surface area contributed by atoms with E-state index in [1.807, 2.05) is 7.05 Å². The standard InChI is InChI=1S/C13H17BrN2O4S/c1-16-6-2-3-9(8-16)15-21(19,20)10-4-5-12(14)11(7-10)13(17)18/h4-5,7,9,15H,2-3,6,8H2,1H3,(H,17,18). The Morgan fingerprint density at radius 2 is 2.19 bits per heavy atom. The van der Waals surface area contributed by atoms with Gasteiger partial charge in [-0.15, -0.1) is 0 Å². The van der Waals surface area contributed by atoms with Crippen molar-refractivity contribution in [3.8, 4) is 0 Å². The minimum atomic E-state index is -3.72. The number of nitrogens with one attached hydrogen (secondary N) is 1. The van der Waals surface area contributed by atoms with Crippen LogP contribution in [-0.4, -0.2) is 50.6 Å². The summed E-state index contributed by atoms with van der Waals surface area (Å²) in [5.74, 6) is -1.17. The number of halogens is 1. The van der Waals surface area contributed by atoms with Crippen molar-refractivity contribution in [3.05, 3.63) is 28.2 Å². The number of likely N-dealkylation sites (N-methyl/N-ethyl adjacent to an activating group) is 1. The van der Waals surface area contributed by atoms with Crippen LogP contribution in [0.25, 0.3) is 0 Å². The molecule has 8 heteroatoms. The zero-order valence-electron chi connectivity index (χ0n) is 11.5. The summed E-state index contributed by atoms with van der Waals surface area (Å²) < 4.78 is 27.7. The number of carbonyl (C=O) groups is 1. The first-order valence-electron chi connectivity index (χ1n) is 6.53. The summed E-state index contributed by atoms with van der Waals surface area (Å²) in [5, 5.41) is 9.06. The average Bonchev–Trinajstić information content (AvgIpc) is 2.38. The first-order chi connectivity index (χ1) is 9.79. The van der Waals surface area contributed by atoms with Crippen LogP contribution in [0.5, 0.6) is 0 Å². The van der Waals surface area contributed by atoms with E-state index in [9.17, 15) is 13.2 Å². The van der Waals surface area contributed by atoms with E-state index in [1.165, 1.54) is 18.2 Å². The molecular weight excluding hydrogens is 360 g/mol. The Hall–Kier alpha value is -0.960. The van der Waals surface area contributed by atoms with Crippen molar-refractivity contribution in [2.24, 2.45) is 0 Å². The number of likely N-dealkylation sites (tertiary alicyclic amines) is 1. The van der Waals surface area contributed by atoms with Gasteiger partial charge in [-0.25, -0.2) is 17.9 Å². The van der Waals surface area contributed by atoms with E-state index in [2.05, 4.69) is 25.6 Å². The van der Waals surface area contributed by atoms with E-state index in [1.54, 1.807) is 0 Å². The first-order valence-corrected chi connectivity index (χ1v) is 8.81. The highest BCUT2D eigenvalue weighted by molar-refractivity contribution is 9.10. The van der Waals surface area contributed by atoms with Gasteiger partial charge in [0.1, 0.15) is 0 Å². The number of nitrogens with zero attached hydrogens (tertiary/aromatic N) is 1. The normalized spacial score (nSPS) is 20.4. The lowest BCUT2D eigenvalue weighted by Crippen LogP contribution is -2.46. The van der Waals surface area contributed by atoms with Crippen LogP contribution >= 0.6 is 15.9 Å². The summed E-state index contributed by atoms with van der Waals surface area (Å²) in [5.41, 5.74) is -0.0707. The summed E-state index contributed by atoms with van der Waals surface area (Å²) in [4.78, 5) is 13.1. The predicted octanol–water partition coefficient (Wildman–Crippen LogP) is 1.52. The minimum Gasteiger partial charge on any atom is -0.478 e. The predicted molar refractivity (Wildman–Crippen MR) is 81.9 cm³/mol. The van der Waals surface area contributed by atoms with E-state index >= 15 is 0 Å². The third-order valence-corrected chi connectivity index (χ3v) is 5.63. The van der Waals surface area contributed by atoms with Crippen molar-refractivity contribution in [2.75, 3.05) is 20.1 Å². The molecule has 21 heavy (non-hydrogen) atoms. The Morgan fingerprint density at radius 1 is 1.48 bits per heavy atom. The van der Waals surface area contributed by atoms with Crippen LogP contribution < -0.4 is 4.72 Å². The largest absolute Gasteiger partial charge is 0.478 e. The lowest BCUT2D eigenvalue weighted by atomic mass is 10.1. The van der Waals surface area contributed by atoms with E-state index in [0.717, 1.165) is 19.4 Å². The van der Waals surface area contributed by atoms with E-state index in [0.29, 0.717) is 11.0 Å². The number of hydrogen-bond acceptors (Lipinski definition) is 4. The summed E-state index contributed by atoms with van der Waals surface area (Å²) in [6.07, 6.45) is 1.72. The zero-order valence-corrected chi connectivity index (χ0v) is 13.9. The third-order valence-electron chi connectivity index (χ3n) is 3.42. The summed E-state index contributed by atoms with van der Waals surface area (Å²) in [6, 6.07) is 3.85. The Kier molecular flexibility index (Phi) is 5.03. The monoisotopic (exact) mass is 376 g/mol. The van der Waals surface area contributed by atoms with Crippen LogP contribution in [0.3, 0.4) is 0 Å². The van der Waals surface area contributed by atoms with Gasteiger partial charge in [-0.05, 0) is 60.6 Å². The molecule has 1 aromatic rings. The molecule has 0 aromatic heterocycles. The molecular formula is C13H17BrN2O4S. The van der Waals surface area contributed by atoms with E-state index < -0.39 is 16.0 Å². The number of carboxylic acid groups (broad SMARTS) is 1. The van der Waals surface area contributed by atoms with E-state index in [-0.39, 0.29) is 16.5 Å². The number of sulfonamides is 1. The highest BCUT2D eigenvalue weighted by atomic mass is 79.9. The maximum Gasteiger partial charge on any atom is 0.336 e. The van der Waals surface area contributed by atoms with Gasteiger partial charge in [-0.3, -0.25) is 0 Å². The molecule has 0 amide bonds. The first kappa shape index (κ1) is 16.4. The van der Waals surface area contributed by atoms with Crippen molar-refractivity contribution < 1.29 is 18.3 Å². The second kappa shape index (κ2) is 6.43. The number of piperidine rings is 1. The number of carboxylic acids is 1. The van der Waals surface area contributed by atoms with Gasteiger partial charge in [0.25, 0.3) is 0 Å². The fraction of sp³-hybridized carbons (Fsp3) is 0.462. The van der Waals surface area contributed by atoms with Gasteiger partial charge >= 0.3 is 5.97 Å². The molecule has 1 saturated heterocycles. The summed E-state index contributed by atoms with van der Waals surface area (Å²) in [6.45, 7) is 1.61. The maximum absolute atomic E-state index is 12.4. The minimum absolute atomic E-state index is 0.0312. The Balaban J connectivity index is 2.23. The Morgan fingerprint density at radius 3 is 2.81 bits per heavy atom. The van der Waals surface area contributed by atoms with Gasteiger partial charge in [0.15, 0.2) is 0 Å². The fourth-order valence-corrected chi connectivity index (χ4v) is 4.09. The van der Waals surface area contributed by atoms with Crippen LogP contribution in [0.2, 0.25) is 0 Å². The lowest BCUT2D eigenvalue weighted by molar-refractivity contribution is 0.0695. The van der Waals surface area contributed by atoms with Crippen LogP contribution in [0, 0.1) is 0 Å². The molecule has 0 spiro atoms. The van der Waals surface area contributed by atoms with Crippen LogP contribution in [0.4, 0.5) is 0 Å². The molecule has 0 aliphatic carbocycles. The van der Waals surface area contributed by atoms with Crippen molar-refractivity contribution in [3.63, 3.8) is 0 Å². The smallest absolute Gasteiger partial charge is 0.336 e. The summed E-state index contributed by atoms with van der Waals surface area (Å²) in [7, 11) is -1.77. The number of aromatic carboxylic acids is 1. The molecule has 2 N–H and O–H groups in total. The fourth-order valence-electron chi connectivity index (χ4n) is 2.39. The molecule has 0 bridgehead atoms. The van der Waals surface area contributed by atoms with Gasteiger partial charge in [0.2, 0.25) is 10.0 Å². The highest BCUT2D eigenvalue weighted by Crippen LogP contribution is 2.22. The molecule has 1 aliphatic heterocycles. The molecule has 1 atom stereocenters. The SMILES string of the molecule is CN1CCCC(NS(=O)(=O)c2ccc(Br)c(C(=O)O)c2)C1. The Bertz CT molecular complexity index is 648. The van der Waals surface area contributed by atoms with E-state index in [4.69, 9.17) is 5.11 Å². The third kappa shape index (κ3) is 4.03. The zero-order chi connectivity index (χ0) is 15.6. The molecule has 2 rings (SSSR count). The quantitative estimate of drug-likeness (QED) is 0.831. The molecule has 1 aromatic carbocycles. The molecule has 1 fully saturated rings. The number of rotatable bonds is 4. The van der Waals surface area contributed by atoms with Crippen molar-refractivity contribution in [1.82, 2.24) is 9.62 Å². The molecule has 116 valence electrons. The molecule has 1 unspecified atom stereocenters. The molecule has 0 saturated carbocycles. The van der Waals surface area contributed by atoms with Crippen molar-refractivity contribution >= 4 is 31.9 Å². The molecule has 1 aliphatic rings. The van der Waals surface area contributed by atoms with Gasteiger partial charge in [0.05, 0.1) is 10.5 Å². The molecule has 1 heterocycles. The second-order valence-corrected chi connectivity index (χ2v) is 7.74. The van der Waals surface area contributed by atoms with Crippen LogP contribution in [-0.2, 0) is 10.0 Å². The Labute approximate surface area is 132 Å². The van der Waals surface area contributed by atoms with Gasteiger partial charge < -0.3 is 10.0 Å². The maximum atomic E-state index is 12.4. The average molecular weight is 377 g/mol. The number of hydrogen-bond donors (Lipinski definition) is 2. The van der Waals surface area contributed by atoms with Gasteiger partial charge in [0, 0.05) is 17.1 Å². The highest BCUT2D eigenvalue weighted by Gasteiger charge is 2.24. The van der Waals surface area contributed by atoms with Crippen LogP contribution in [0.1, 0.15) is 23.2 Å². The van der Waals surface area contributed by atoms with Crippen LogP contribution in [0.15, 0.2) is 27.6 Å². The van der Waals surface area contributed by atoms with Crippen molar-refractivity contribution in [1.29, 1.82) is 0 Å². The molecule has 6 nitrogen and oxygen atoms in total. The topological polar surface area (TPSA) is 86.7 Å². The molecule has 0 radical (unpaired) electrons. The lowest BCUT2D eigenvalue weighted by Gasteiger charge is -2.30. The summed E-state index contributed by atoms with van der Waals surface area (Å²) >= 11 is 3.10. The van der Waals surface area contributed by atoms with Crippen molar-refractivity contribution in [2.45, 2.75) is 23.8 Å². The second-order valence-electron chi connectivity index (χ2n) is 5.17. The number of benzene rings is 1. The van der Waals surface area contributed by atoms with Gasteiger partial charge in [-0.1, -0.05) is 0 Å².